The molecule has 124 valence electrons. The van der Waals surface area contributed by atoms with Gasteiger partial charge in [-0.2, -0.15) is 0 Å². The van der Waals surface area contributed by atoms with Gasteiger partial charge in [-0.25, -0.2) is 0 Å². The van der Waals surface area contributed by atoms with Crippen molar-refractivity contribution in [3.63, 3.8) is 0 Å². The minimum atomic E-state index is 0. The first kappa shape index (κ1) is 22.7. The third-order valence-corrected chi connectivity index (χ3v) is 4.27. The van der Waals surface area contributed by atoms with Crippen LogP contribution in [0.5, 0.6) is 0 Å². The number of halogens is 1. The van der Waals surface area contributed by atoms with Crippen LogP contribution in [0.2, 0.25) is 0 Å². The molecule has 0 fully saturated rings. The average molecular weight is 350 g/mol. The van der Waals surface area contributed by atoms with Gasteiger partial charge in [0.1, 0.15) is 0 Å². The zero-order valence-electron chi connectivity index (χ0n) is 14.5. The summed E-state index contributed by atoms with van der Waals surface area (Å²) in [6.45, 7) is 6.83. The molecule has 0 aliphatic carbocycles. The highest BCUT2D eigenvalue weighted by Gasteiger charge is 2.10. The van der Waals surface area contributed by atoms with Crippen LogP contribution in [0.3, 0.4) is 0 Å². The highest BCUT2D eigenvalue weighted by molar-refractivity contribution is 9.10. The van der Waals surface area contributed by atoms with Crippen LogP contribution in [0.15, 0.2) is 0 Å². The zero-order valence-corrected chi connectivity index (χ0v) is 16.1. The van der Waals surface area contributed by atoms with E-state index < -0.39 is 0 Å². The van der Waals surface area contributed by atoms with Gasteiger partial charge < -0.3 is 6.15 Å². The van der Waals surface area contributed by atoms with Gasteiger partial charge in [-0.3, -0.25) is 0 Å². The normalized spacial score (nSPS) is 11.4. The third-order valence-electron chi connectivity index (χ3n) is 3.87. The van der Waals surface area contributed by atoms with Gasteiger partial charge in [0.15, 0.2) is 0 Å². The minimum absolute atomic E-state index is 0. The molecule has 1 nitrogen and oxygen atoms in total. The Morgan fingerprint density at radius 2 is 0.900 bits per heavy atom. The van der Waals surface area contributed by atoms with E-state index in [4.69, 9.17) is 0 Å². The number of alkyl halides is 1. The Morgan fingerprint density at radius 3 is 1.20 bits per heavy atom. The van der Waals surface area contributed by atoms with E-state index in [0.717, 1.165) is 0 Å². The van der Waals surface area contributed by atoms with Gasteiger partial charge in [0.05, 0.1) is 0 Å². The Bertz CT molecular complexity index is 175. The lowest BCUT2D eigenvalue weighted by Crippen LogP contribution is -2.07. The van der Waals surface area contributed by atoms with Crippen molar-refractivity contribution in [3.05, 3.63) is 0 Å². The second-order valence-corrected chi connectivity index (χ2v) is 8.86. The molecule has 0 heterocycles. The molecule has 20 heavy (non-hydrogen) atoms. The topological polar surface area (TPSA) is 35.0 Å². The number of rotatable bonds is 14. The first-order valence-corrected chi connectivity index (χ1v) is 9.54. The molecule has 0 spiro atoms. The molecule has 0 saturated heterocycles. The molecule has 0 aliphatic heterocycles. The molecule has 2 heteroatoms. The Morgan fingerprint density at radius 1 is 0.600 bits per heavy atom. The molecule has 0 atom stereocenters. The molecule has 0 aromatic rings. The largest absolute Gasteiger partial charge is 0.344 e. The molecule has 0 aromatic carbocycles. The van der Waals surface area contributed by atoms with Crippen molar-refractivity contribution in [1.29, 1.82) is 0 Å². The van der Waals surface area contributed by atoms with Gasteiger partial charge in [0, 0.05) is 4.32 Å². The maximum atomic E-state index is 3.71. The van der Waals surface area contributed by atoms with E-state index in [1.54, 1.807) is 0 Å². The summed E-state index contributed by atoms with van der Waals surface area (Å²) in [5.74, 6) is 0. The molecule has 0 amide bonds. The minimum Gasteiger partial charge on any atom is -0.344 e. The Kier molecular flexibility index (Phi) is 18.0. The van der Waals surface area contributed by atoms with Crippen LogP contribution in [-0.2, 0) is 0 Å². The fraction of sp³-hybridized carbons (Fsp3) is 1.00. The molecule has 0 saturated carbocycles. The van der Waals surface area contributed by atoms with E-state index in [9.17, 15) is 0 Å². The monoisotopic (exact) mass is 349 g/mol. The van der Waals surface area contributed by atoms with Gasteiger partial charge in [0.25, 0.3) is 0 Å². The fourth-order valence-electron chi connectivity index (χ4n) is 2.56. The lowest BCUT2D eigenvalue weighted by molar-refractivity contribution is 0.522. The lowest BCUT2D eigenvalue weighted by Gasteiger charge is -2.15. The van der Waals surface area contributed by atoms with Gasteiger partial charge in [0.2, 0.25) is 0 Å². The number of unbranched alkanes of at least 4 members (excludes halogenated alkanes) is 12. The molecule has 0 rings (SSSR count). The predicted molar refractivity (Wildman–Crippen MR) is 98.3 cm³/mol. The van der Waals surface area contributed by atoms with Crippen molar-refractivity contribution >= 4 is 15.9 Å². The van der Waals surface area contributed by atoms with E-state index in [1.165, 1.54) is 89.9 Å². The molecule has 0 unspecified atom stereocenters. The SMILES string of the molecule is CCCCCCCCCCCCCCCC(C)(C)Br.N. The standard InChI is InChI=1S/C18H37Br.H3N/c1-4-5-6-7-8-9-10-11-12-13-14-15-16-17-18(2,3)19;/h4-17H2,1-3H3;1H3. The van der Waals surface area contributed by atoms with Crippen LogP contribution in [0.4, 0.5) is 0 Å². The maximum absolute atomic E-state index is 3.71. The van der Waals surface area contributed by atoms with E-state index in [2.05, 4.69) is 36.7 Å². The van der Waals surface area contributed by atoms with Gasteiger partial charge in [-0.15, -0.1) is 0 Å². The van der Waals surface area contributed by atoms with Gasteiger partial charge >= 0.3 is 0 Å². The molecule has 0 radical (unpaired) electrons. The van der Waals surface area contributed by atoms with Crippen LogP contribution >= 0.6 is 15.9 Å². The van der Waals surface area contributed by atoms with Crippen molar-refractivity contribution in [1.82, 2.24) is 6.15 Å². The Balaban J connectivity index is 0. The zero-order chi connectivity index (χ0) is 14.4. The summed E-state index contributed by atoms with van der Waals surface area (Å²) in [6, 6.07) is 0. The van der Waals surface area contributed by atoms with Gasteiger partial charge in [-0.05, 0) is 6.42 Å². The quantitative estimate of drug-likeness (QED) is 0.252. The van der Waals surface area contributed by atoms with Crippen LogP contribution in [-0.4, -0.2) is 4.32 Å². The molecule has 3 N–H and O–H groups in total. The van der Waals surface area contributed by atoms with Crippen molar-refractivity contribution < 1.29 is 0 Å². The highest BCUT2D eigenvalue weighted by atomic mass is 79.9. The molecule has 0 aromatic heterocycles. The lowest BCUT2D eigenvalue weighted by atomic mass is 10.0. The smallest absolute Gasteiger partial charge is 0.0201 e. The summed E-state index contributed by atoms with van der Waals surface area (Å²) in [5.41, 5.74) is 0. The third kappa shape index (κ3) is 20.8. The highest BCUT2D eigenvalue weighted by Crippen LogP contribution is 2.23. The van der Waals surface area contributed by atoms with Crippen LogP contribution in [0.25, 0.3) is 0 Å². The number of hydrogen-bond donors (Lipinski definition) is 1. The van der Waals surface area contributed by atoms with Crippen LogP contribution < -0.4 is 6.15 Å². The molecule has 0 aliphatic rings. The summed E-state index contributed by atoms with van der Waals surface area (Å²) >= 11 is 3.71. The second-order valence-electron chi connectivity index (χ2n) is 6.71. The second kappa shape index (κ2) is 15.8. The first-order chi connectivity index (χ1) is 9.06. The van der Waals surface area contributed by atoms with Crippen molar-refractivity contribution in [2.45, 2.75) is 115 Å². The molecular formula is C18H40BrN. The Labute approximate surface area is 137 Å². The van der Waals surface area contributed by atoms with Crippen molar-refractivity contribution in [3.8, 4) is 0 Å². The van der Waals surface area contributed by atoms with E-state index in [-0.39, 0.29) is 6.15 Å². The molecule has 0 bridgehead atoms. The average Bonchev–Trinajstić information content (AvgIpc) is 2.34. The summed E-state index contributed by atoms with van der Waals surface area (Å²) < 4.78 is 0.352. The predicted octanol–water partition coefficient (Wildman–Crippen LogP) is 7.80. The summed E-state index contributed by atoms with van der Waals surface area (Å²) in [5, 5.41) is 0. The Hall–Kier alpha value is 0.440. The van der Waals surface area contributed by atoms with Crippen LogP contribution in [0.1, 0.15) is 111 Å². The summed E-state index contributed by atoms with van der Waals surface area (Å²) in [7, 11) is 0. The summed E-state index contributed by atoms with van der Waals surface area (Å²) in [6.07, 6.45) is 20.1. The fourth-order valence-corrected chi connectivity index (χ4v) is 2.84. The first-order valence-electron chi connectivity index (χ1n) is 8.75. The van der Waals surface area contributed by atoms with Gasteiger partial charge in [-0.1, -0.05) is 120 Å². The van der Waals surface area contributed by atoms with E-state index in [1.807, 2.05) is 0 Å². The van der Waals surface area contributed by atoms with Crippen molar-refractivity contribution in [2.24, 2.45) is 0 Å². The van der Waals surface area contributed by atoms with Crippen molar-refractivity contribution in [2.75, 3.05) is 0 Å². The number of hydrogen-bond acceptors (Lipinski definition) is 1. The molecular weight excluding hydrogens is 310 g/mol. The van der Waals surface area contributed by atoms with Crippen LogP contribution in [0, 0.1) is 0 Å². The maximum Gasteiger partial charge on any atom is 0.0201 e. The van der Waals surface area contributed by atoms with E-state index >= 15 is 0 Å². The summed E-state index contributed by atoms with van der Waals surface area (Å²) in [4.78, 5) is 0. The van der Waals surface area contributed by atoms with E-state index in [0.29, 0.717) is 4.32 Å².